The predicted octanol–water partition coefficient (Wildman–Crippen LogP) is 1.35. The molecule has 0 bridgehead atoms. The van der Waals surface area contributed by atoms with Crippen LogP contribution < -0.4 is 16.0 Å². The zero-order chi connectivity index (χ0) is 18.9. The van der Waals surface area contributed by atoms with Crippen molar-refractivity contribution in [3.05, 3.63) is 22.4 Å². The minimum absolute atomic E-state index is 0.0114. The number of likely N-dealkylation sites (tertiary alicyclic amines) is 1. The van der Waals surface area contributed by atoms with E-state index < -0.39 is 6.03 Å². The number of amides is 4. The molecule has 1 aromatic heterocycles. The first kappa shape index (κ1) is 20.4. The maximum Gasteiger partial charge on any atom is 0.321 e. The molecule has 0 aliphatic carbocycles. The van der Waals surface area contributed by atoms with Crippen LogP contribution in [0.3, 0.4) is 0 Å². The van der Waals surface area contributed by atoms with Gasteiger partial charge in [-0.2, -0.15) is 0 Å². The minimum atomic E-state index is -0.460. The summed E-state index contributed by atoms with van der Waals surface area (Å²) in [6, 6.07) is 3.67. The number of hydrogen-bond donors (Lipinski definition) is 3. The molecule has 1 saturated heterocycles. The highest BCUT2D eigenvalue weighted by Crippen LogP contribution is 2.17. The highest BCUT2D eigenvalue weighted by atomic mass is 32.1. The molecule has 0 spiro atoms. The second kappa shape index (κ2) is 10.3. The first-order valence-corrected chi connectivity index (χ1v) is 9.95. The van der Waals surface area contributed by atoms with Gasteiger partial charge < -0.3 is 10.6 Å². The Kier molecular flexibility index (Phi) is 8.06. The minimum Gasteiger partial charge on any atom is -0.354 e. The summed E-state index contributed by atoms with van der Waals surface area (Å²) >= 11 is 1.64. The van der Waals surface area contributed by atoms with E-state index in [0.717, 1.165) is 19.3 Å². The Morgan fingerprint density at radius 2 is 2.00 bits per heavy atom. The normalized spacial score (nSPS) is 15.7. The van der Waals surface area contributed by atoms with Crippen molar-refractivity contribution >= 4 is 29.2 Å². The SMILES string of the molecule is CC(C)NC(=O)C1CCN(CC(=O)NC(=O)NCCc2cccs2)CC1. The molecule has 0 radical (unpaired) electrons. The number of nitrogens with zero attached hydrogens (tertiary/aromatic N) is 1. The van der Waals surface area contributed by atoms with Crippen molar-refractivity contribution in [2.24, 2.45) is 5.92 Å². The fourth-order valence-electron chi connectivity index (χ4n) is 2.92. The number of carbonyl (C=O) groups is 3. The Bertz CT molecular complexity index is 596. The topological polar surface area (TPSA) is 90.5 Å². The van der Waals surface area contributed by atoms with E-state index in [1.54, 1.807) is 11.3 Å². The Morgan fingerprint density at radius 3 is 2.62 bits per heavy atom. The maximum absolute atomic E-state index is 12.0. The second-order valence-corrected chi connectivity index (χ2v) is 7.88. The van der Waals surface area contributed by atoms with Crippen LogP contribution in [0.4, 0.5) is 4.79 Å². The van der Waals surface area contributed by atoms with Crippen molar-refractivity contribution < 1.29 is 14.4 Å². The summed E-state index contributed by atoms with van der Waals surface area (Å²) in [7, 11) is 0. The lowest BCUT2D eigenvalue weighted by atomic mass is 9.95. The Balaban J connectivity index is 1.61. The molecule has 1 aromatic rings. The molecule has 0 saturated carbocycles. The fraction of sp³-hybridized carbons (Fsp3) is 0.611. The molecule has 1 fully saturated rings. The monoisotopic (exact) mass is 380 g/mol. The third-order valence-electron chi connectivity index (χ3n) is 4.25. The van der Waals surface area contributed by atoms with Crippen LogP contribution in [0, 0.1) is 5.92 Å². The van der Waals surface area contributed by atoms with Crippen molar-refractivity contribution in [3.63, 3.8) is 0 Å². The van der Waals surface area contributed by atoms with Crippen LogP contribution >= 0.6 is 11.3 Å². The van der Waals surface area contributed by atoms with Gasteiger partial charge in [-0.1, -0.05) is 6.07 Å². The number of thiophene rings is 1. The largest absolute Gasteiger partial charge is 0.354 e. The molecule has 8 heteroatoms. The van der Waals surface area contributed by atoms with Gasteiger partial charge in [-0.25, -0.2) is 4.79 Å². The van der Waals surface area contributed by atoms with E-state index in [1.165, 1.54) is 4.88 Å². The van der Waals surface area contributed by atoms with Crippen LogP contribution in [0.25, 0.3) is 0 Å². The second-order valence-electron chi connectivity index (χ2n) is 6.85. The molecular formula is C18H28N4O3S. The zero-order valence-corrected chi connectivity index (χ0v) is 16.2. The summed E-state index contributed by atoms with van der Waals surface area (Å²) in [5.74, 6) is -0.213. The van der Waals surface area contributed by atoms with Gasteiger partial charge in [0.15, 0.2) is 0 Å². The molecule has 144 valence electrons. The lowest BCUT2D eigenvalue weighted by Crippen LogP contribution is -2.48. The molecule has 1 aliphatic rings. The first-order valence-electron chi connectivity index (χ1n) is 9.07. The predicted molar refractivity (Wildman–Crippen MR) is 102 cm³/mol. The van der Waals surface area contributed by atoms with Gasteiger partial charge in [0.25, 0.3) is 0 Å². The van der Waals surface area contributed by atoms with Crippen molar-refractivity contribution in [2.45, 2.75) is 39.2 Å². The van der Waals surface area contributed by atoms with Gasteiger partial charge in [0, 0.05) is 23.4 Å². The molecule has 3 N–H and O–H groups in total. The summed E-state index contributed by atoms with van der Waals surface area (Å²) in [6.07, 6.45) is 2.23. The zero-order valence-electron chi connectivity index (χ0n) is 15.4. The molecule has 0 atom stereocenters. The van der Waals surface area contributed by atoms with Gasteiger partial charge in [0.1, 0.15) is 0 Å². The van der Waals surface area contributed by atoms with Gasteiger partial charge in [0.2, 0.25) is 11.8 Å². The average molecular weight is 381 g/mol. The summed E-state index contributed by atoms with van der Waals surface area (Å²) in [4.78, 5) is 38.9. The third-order valence-corrected chi connectivity index (χ3v) is 5.18. The van der Waals surface area contributed by atoms with Crippen LogP contribution in [0.1, 0.15) is 31.6 Å². The molecule has 0 unspecified atom stereocenters. The van der Waals surface area contributed by atoms with Crippen LogP contribution in [0.5, 0.6) is 0 Å². The number of piperidine rings is 1. The van der Waals surface area contributed by atoms with Gasteiger partial charge >= 0.3 is 6.03 Å². The number of carbonyl (C=O) groups excluding carboxylic acids is 3. The van der Waals surface area contributed by atoms with E-state index in [0.29, 0.717) is 19.6 Å². The number of imide groups is 1. The highest BCUT2D eigenvalue weighted by molar-refractivity contribution is 7.09. The van der Waals surface area contributed by atoms with E-state index in [4.69, 9.17) is 0 Å². The molecule has 0 aromatic carbocycles. The highest BCUT2D eigenvalue weighted by Gasteiger charge is 2.26. The van der Waals surface area contributed by atoms with E-state index in [-0.39, 0.29) is 30.3 Å². The van der Waals surface area contributed by atoms with Crippen LogP contribution in [0.15, 0.2) is 17.5 Å². The van der Waals surface area contributed by atoms with E-state index in [2.05, 4.69) is 16.0 Å². The van der Waals surface area contributed by atoms with Gasteiger partial charge in [-0.3, -0.25) is 19.8 Å². The van der Waals surface area contributed by atoms with Crippen molar-refractivity contribution in [2.75, 3.05) is 26.2 Å². The molecule has 7 nitrogen and oxygen atoms in total. The van der Waals surface area contributed by atoms with Gasteiger partial charge in [-0.15, -0.1) is 11.3 Å². The Hall–Kier alpha value is -1.93. The van der Waals surface area contributed by atoms with Crippen LogP contribution in [-0.4, -0.2) is 55.0 Å². The number of rotatable bonds is 7. The van der Waals surface area contributed by atoms with E-state index in [9.17, 15) is 14.4 Å². The maximum atomic E-state index is 12.0. The van der Waals surface area contributed by atoms with Crippen LogP contribution in [-0.2, 0) is 16.0 Å². The summed E-state index contributed by atoms with van der Waals surface area (Å²) < 4.78 is 0. The van der Waals surface area contributed by atoms with Crippen LogP contribution in [0.2, 0.25) is 0 Å². The fourth-order valence-corrected chi connectivity index (χ4v) is 3.63. The van der Waals surface area contributed by atoms with Crippen molar-refractivity contribution in [1.29, 1.82) is 0 Å². The van der Waals surface area contributed by atoms with Gasteiger partial charge in [-0.05, 0) is 57.6 Å². The number of nitrogens with one attached hydrogen (secondary N) is 3. The van der Waals surface area contributed by atoms with E-state index in [1.807, 2.05) is 36.3 Å². The number of hydrogen-bond acceptors (Lipinski definition) is 5. The number of urea groups is 1. The van der Waals surface area contributed by atoms with Crippen molar-refractivity contribution in [1.82, 2.24) is 20.9 Å². The van der Waals surface area contributed by atoms with E-state index >= 15 is 0 Å². The average Bonchev–Trinajstić information content (AvgIpc) is 3.08. The molecule has 26 heavy (non-hydrogen) atoms. The molecule has 2 rings (SSSR count). The lowest BCUT2D eigenvalue weighted by Gasteiger charge is -2.31. The Morgan fingerprint density at radius 1 is 1.27 bits per heavy atom. The molecule has 2 heterocycles. The molecule has 1 aliphatic heterocycles. The standard InChI is InChI=1S/C18H28N4O3S/c1-13(2)20-17(24)14-6-9-22(10-7-14)12-16(23)21-18(25)19-8-5-15-4-3-11-26-15/h3-4,11,13-14H,5-10,12H2,1-2H3,(H,20,24)(H2,19,21,23,25). The summed E-state index contributed by atoms with van der Waals surface area (Å²) in [5, 5.41) is 9.98. The van der Waals surface area contributed by atoms with Crippen molar-refractivity contribution in [3.8, 4) is 0 Å². The quantitative estimate of drug-likeness (QED) is 0.666. The molecular weight excluding hydrogens is 352 g/mol. The van der Waals surface area contributed by atoms with Gasteiger partial charge in [0.05, 0.1) is 6.54 Å². The summed E-state index contributed by atoms with van der Waals surface area (Å²) in [5.41, 5.74) is 0. The molecule has 4 amide bonds. The first-order chi connectivity index (χ1) is 12.4. The Labute approximate surface area is 158 Å². The third kappa shape index (κ3) is 7.13. The lowest BCUT2D eigenvalue weighted by molar-refractivity contribution is -0.127. The summed E-state index contributed by atoms with van der Waals surface area (Å²) in [6.45, 7) is 5.94. The smallest absolute Gasteiger partial charge is 0.321 e.